The Bertz CT molecular complexity index is 765. The summed E-state index contributed by atoms with van der Waals surface area (Å²) in [6.45, 7) is 3.26. The Morgan fingerprint density at radius 1 is 0.966 bits per heavy atom. The number of hydrogen-bond donors (Lipinski definition) is 2. The van der Waals surface area contributed by atoms with E-state index in [9.17, 15) is 27.6 Å². The molecule has 1 aliphatic heterocycles. The molecule has 29 heavy (non-hydrogen) atoms. The molecular formula is C14H21NO13S. The molecule has 1 heterocycles. The zero-order valence-electron chi connectivity index (χ0n) is 15.8. The summed E-state index contributed by atoms with van der Waals surface area (Å²) in [5.74, 6) is -3.76. The highest BCUT2D eigenvalue weighted by Crippen LogP contribution is 2.35. The standard InChI is InChI=1S/C14H21NO13S/c1-6(16)23-5-10-11(24-7(2)17)12(25-8(3)18)14(15,28-29(20,21)22)13(27-10)26-9(4)19/h10-13H,5,15H2,1-4H3,(H,20,21,22)/t10-,11-,12+,13-,14-/m1/s1. The van der Waals surface area contributed by atoms with Gasteiger partial charge in [0.25, 0.3) is 6.29 Å². The topological polar surface area (TPSA) is 204 Å². The second kappa shape index (κ2) is 9.45. The Balaban J connectivity index is 3.53. The van der Waals surface area contributed by atoms with Crippen molar-refractivity contribution >= 4 is 34.3 Å². The lowest BCUT2D eigenvalue weighted by Gasteiger charge is -2.48. The van der Waals surface area contributed by atoms with E-state index < -0.39 is 71.2 Å². The van der Waals surface area contributed by atoms with E-state index in [0.29, 0.717) is 0 Å². The first-order valence-corrected chi connectivity index (χ1v) is 9.29. The largest absolute Gasteiger partial charge is 0.463 e. The fourth-order valence-corrected chi connectivity index (χ4v) is 3.01. The van der Waals surface area contributed by atoms with E-state index >= 15 is 0 Å². The van der Waals surface area contributed by atoms with Gasteiger partial charge in [-0.2, -0.15) is 8.42 Å². The van der Waals surface area contributed by atoms with Crippen LogP contribution in [0.1, 0.15) is 27.7 Å². The van der Waals surface area contributed by atoms with Crippen molar-refractivity contribution in [1.82, 2.24) is 0 Å². The van der Waals surface area contributed by atoms with E-state index in [4.69, 9.17) is 34.0 Å². The number of carbonyl (C=O) groups excluding carboxylic acids is 4. The Kier molecular flexibility index (Phi) is 8.05. The van der Waals surface area contributed by atoms with E-state index in [-0.39, 0.29) is 0 Å². The highest BCUT2D eigenvalue weighted by molar-refractivity contribution is 7.80. The maximum atomic E-state index is 11.6. The molecule has 3 N–H and O–H groups in total. The SMILES string of the molecule is CC(=O)OC[C@H]1O[C@@H](OC(C)=O)[C@](N)(OS(=O)(=O)O)[C@@H](OC(C)=O)[C@@H]1OC(C)=O. The maximum absolute atomic E-state index is 11.6. The van der Waals surface area contributed by atoms with E-state index in [1.165, 1.54) is 0 Å². The first-order valence-electron chi connectivity index (χ1n) is 7.93. The van der Waals surface area contributed by atoms with Crippen LogP contribution in [-0.2, 0) is 57.4 Å². The molecule has 0 aliphatic carbocycles. The van der Waals surface area contributed by atoms with Gasteiger partial charge in [0.15, 0.2) is 12.2 Å². The molecule has 166 valence electrons. The zero-order chi connectivity index (χ0) is 22.6. The van der Waals surface area contributed by atoms with Gasteiger partial charge in [-0.1, -0.05) is 0 Å². The number of carbonyl (C=O) groups is 4. The van der Waals surface area contributed by atoms with Crippen molar-refractivity contribution in [3.63, 3.8) is 0 Å². The molecule has 1 rings (SSSR count). The maximum Gasteiger partial charge on any atom is 0.399 e. The van der Waals surface area contributed by atoms with Gasteiger partial charge in [-0.15, -0.1) is 0 Å². The van der Waals surface area contributed by atoms with Crippen LogP contribution in [-0.4, -0.2) is 73.8 Å². The average molecular weight is 443 g/mol. The van der Waals surface area contributed by atoms with Crippen LogP contribution in [0.3, 0.4) is 0 Å². The molecule has 0 aromatic rings. The van der Waals surface area contributed by atoms with E-state index in [2.05, 4.69) is 4.18 Å². The van der Waals surface area contributed by atoms with Gasteiger partial charge in [-0.05, 0) is 0 Å². The third-order valence-corrected chi connectivity index (χ3v) is 3.84. The number of rotatable bonds is 7. The summed E-state index contributed by atoms with van der Waals surface area (Å²) in [5.41, 5.74) is 3.00. The summed E-state index contributed by atoms with van der Waals surface area (Å²) in [5, 5.41) is 0. The van der Waals surface area contributed by atoms with Gasteiger partial charge in [0.05, 0.1) is 0 Å². The lowest BCUT2D eigenvalue weighted by atomic mass is 9.93. The molecular weight excluding hydrogens is 422 g/mol. The summed E-state index contributed by atoms with van der Waals surface area (Å²) in [4.78, 5) is 45.7. The predicted octanol–water partition coefficient (Wildman–Crippen LogP) is -1.82. The third-order valence-electron chi connectivity index (χ3n) is 3.34. The van der Waals surface area contributed by atoms with Crippen molar-refractivity contribution in [3.8, 4) is 0 Å². The highest BCUT2D eigenvalue weighted by Gasteiger charge is 2.63. The summed E-state index contributed by atoms with van der Waals surface area (Å²) in [6.07, 6.45) is -7.20. The van der Waals surface area contributed by atoms with Crippen LogP contribution in [0.5, 0.6) is 0 Å². The molecule has 0 bridgehead atoms. The van der Waals surface area contributed by atoms with E-state index in [1.807, 2.05) is 0 Å². The molecule has 14 nitrogen and oxygen atoms in total. The van der Waals surface area contributed by atoms with Crippen LogP contribution in [0, 0.1) is 0 Å². The number of esters is 4. The highest BCUT2D eigenvalue weighted by atomic mass is 32.3. The van der Waals surface area contributed by atoms with Crippen LogP contribution >= 0.6 is 0 Å². The molecule has 0 radical (unpaired) electrons. The predicted molar refractivity (Wildman–Crippen MR) is 87.7 cm³/mol. The molecule has 0 saturated carbocycles. The first-order chi connectivity index (χ1) is 13.2. The lowest BCUT2D eigenvalue weighted by Crippen LogP contribution is -2.74. The minimum Gasteiger partial charge on any atom is -0.463 e. The van der Waals surface area contributed by atoms with Gasteiger partial charge in [-0.3, -0.25) is 29.5 Å². The normalized spacial score (nSPS) is 29.4. The van der Waals surface area contributed by atoms with Crippen molar-refractivity contribution in [2.24, 2.45) is 5.73 Å². The van der Waals surface area contributed by atoms with Crippen LogP contribution in [0.15, 0.2) is 0 Å². The molecule has 1 fully saturated rings. The smallest absolute Gasteiger partial charge is 0.399 e. The summed E-state index contributed by atoms with van der Waals surface area (Å²) in [7, 11) is -5.33. The lowest BCUT2D eigenvalue weighted by molar-refractivity contribution is -0.326. The number of nitrogens with two attached hydrogens (primary N) is 1. The van der Waals surface area contributed by atoms with Crippen LogP contribution in [0.4, 0.5) is 0 Å². The van der Waals surface area contributed by atoms with Crippen molar-refractivity contribution in [2.45, 2.75) is 58.0 Å². The molecule has 1 saturated heterocycles. The van der Waals surface area contributed by atoms with Crippen molar-refractivity contribution in [1.29, 1.82) is 0 Å². The minimum absolute atomic E-state index is 0.592. The van der Waals surface area contributed by atoms with E-state index in [0.717, 1.165) is 27.7 Å². The first kappa shape index (κ1) is 24.7. The van der Waals surface area contributed by atoms with Gasteiger partial charge < -0.3 is 23.7 Å². The summed E-state index contributed by atoms with van der Waals surface area (Å²) >= 11 is 0. The van der Waals surface area contributed by atoms with E-state index in [1.54, 1.807) is 0 Å². The molecule has 15 heteroatoms. The zero-order valence-corrected chi connectivity index (χ0v) is 16.7. The van der Waals surface area contributed by atoms with Gasteiger partial charge in [0.2, 0.25) is 5.72 Å². The van der Waals surface area contributed by atoms with Crippen LogP contribution < -0.4 is 5.73 Å². The van der Waals surface area contributed by atoms with Gasteiger partial charge in [0, 0.05) is 27.7 Å². The van der Waals surface area contributed by atoms with Gasteiger partial charge >= 0.3 is 34.3 Å². The monoisotopic (exact) mass is 443 g/mol. The molecule has 0 amide bonds. The molecule has 0 aromatic carbocycles. The fraction of sp³-hybridized carbons (Fsp3) is 0.714. The van der Waals surface area contributed by atoms with Crippen molar-refractivity contribution < 1.29 is 60.0 Å². The Morgan fingerprint density at radius 2 is 1.48 bits per heavy atom. The number of ether oxygens (including phenoxy) is 5. The second-order valence-electron chi connectivity index (χ2n) is 5.89. The molecule has 5 atom stereocenters. The molecule has 0 spiro atoms. The Morgan fingerprint density at radius 3 is 1.90 bits per heavy atom. The average Bonchev–Trinajstić information content (AvgIpc) is 2.49. The quantitative estimate of drug-likeness (QED) is 0.192. The summed E-state index contributed by atoms with van der Waals surface area (Å²) < 4.78 is 61.0. The fourth-order valence-electron chi connectivity index (χ4n) is 2.47. The van der Waals surface area contributed by atoms with Crippen molar-refractivity contribution in [2.75, 3.05) is 6.61 Å². The number of hydrogen-bond acceptors (Lipinski definition) is 13. The van der Waals surface area contributed by atoms with Gasteiger partial charge in [-0.25, -0.2) is 4.18 Å². The van der Waals surface area contributed by atoms with Gasteiger partial charge in [0.1, 0.15) is 12.7 Å². The molecule has 0 unspecified atom stereocenters. The van der Waals surface area contributed by atoms with Crippen LogP contribution in [0.2, 0.25) is 0 Å². The molecule has 0 aromatic heterocycles. The minimum atomic E-state index is -5.33. The molecule has 1 aliphatic rings. The Labute approximate surface area is 165 Å². The van der Waals surface area contributed by atoms with Crippen LogP contribution in [0.25, 0.3) is 0 Å². The Hall–Kier alpha value is -2.33. The second-order valence-corrected chi connectivity index (χ2v) is 6.91. The summed E-state index contributed by atoms with van der Waals surface area (Å²) in [6, 6.07) is 0. The van der Waals surface area contributed by atoms with Crippen molar-refractivity contribution in [3.05, 3.63) is 0 Å². The third kappa shape index (κ3) is 7.21.